The number of carbonyl (C=O) groups is 1. The molecule has 1 fully saturated rings. The van der Waals surface area contributed by atoms with Crippen LogP contribution < -0.4 is 5.32 Å². The van der Waals surface area contributed by atoms with Gasteiger partial charge < -0.3 is 15.0 Å². The number of nitrogens with zero attached hydrogens (tertiary/aromatic N) is 2. The van der Waals surface area contributed by atoms with Crippen molar-refractivity contribution in [2.75, 3.05) is 31.6 Å². The number of amides is 1. The van der Waals surface area contributed by atoms with Crippen molar-refractivity contribution >= 4 is 28.6 Å². The van der Waals surface area contributed by atoms with Crippen LogP contribution >= 0.6 is 11.3 Å². The third kappa shape index (κ3) is 3.72. The zero-order valence-electron chi connectivity index (χ0n) is 12.9. The van der Waals surface area contributed by atoms with E-state index in [-0.39, 0.29) is 11.6 Å². The summed E-state index contributed by atoms with van der Waals surface area (Å²) in [5.41, 5.74) is 0.642. The van der Waals surface area contributed by atoms with Gasteiger partial charge in [0, 0.05) is 36.1 Å². The number of anilines is 1. The van der Waals surface area contributed by atoms with Crippen LogP contribution in [0, 0.1) is 10.1 Å². The van der Waals surface area contributed by atoms with Gasteiger partial charge in [0.25, 0.3) is 11.6 Å². The van der Waals surface area contributed by atoms with Gasteiger partial charge in [-0.2, -0.15) is 0 Å². The van der Waals surface area contributed by atoms with Gasteiger partial charge in [-0.05, 0) is 23.6 Å². The fraction of sp³-hybridized carbons (Fsp3) is 0.312. The second kappa shape index (κ2) is 7.41. The SMILES string of the molecule is O=C(c1ccc(NCc2cccs2)c([N+](=O)[O-])c1)N1CCOCC1. The van der Waals surface area contributed by atoms with E-state index in [4.69, 9.17) is 4.74 Å². The third-order valence-electron chi connectivity index (χ3n) is 3.77. The van der Waals surface area contributed by atoms with Gasteiger partial charge in [0.05, 0.1) is 18.1 Å². The molecule has 1 aliphatic rings. The van der Waals surface area contributed by atoms with Crippen molar-refractivity contribution in [3.63, 3.8) is 0 Å². The average Bonchev–Trinajstić information content (AvgIpc) is 3.13. The second-order valence-electron chi connectivity index (χ2n) is 5.33. The normalized spacial score (nSPS) is 14.4. The molecule has 1 aliphatic heterocycles. The minimum atomic E-state index is -0.465. The number of rotatable bonds is 5. The summed E-state index contributed by atoms with van der Waals surface area (Å²) < 4.78 is 5.22. The number of ether oxygens (including phenoxy) is 1. The molecule has 1 saturated heterocycles. The van der Waals surface area contributed by atoms with Gasteiger partial charge in [-0.25, -0.2) is 0 Å². The molecule has 1 aromatic carbocycles. The largest absolute Gasteiger partial charge is 0.378 e. The van der Waals surface area contributed by atoms with Crippen molar-refractivity contribution in [2.45, 2.75) is 6.54 Å². The van der Waals surface area contributed by atoms with E-state index in [1.807, 2.05) is 17.5 Å². The first-order chi connectivity index (χ1) is 11.6. The molecule has 0 saturated carbocycles. The number of morpholine rings is 1. The number of nitro groups is 1. The summed E-state index contributed by atoms with van der Waals surface area (Å²) >= 11 is 1.58. The lowest BCUT2D eigenvalue weighted by Gasteiger charge is -2.26. The molecule has 2 heterocycles. The number of nitrogens with one attached hydrogen (secondary N) is 1. The highest BCUT2D eigenvalue weighted by molar-refractivity contribution is 7.09. The van der Waals surface area contributed by atoms with Crippen molar-refractivity contribution in [1.82, 2.24) is 4.90 Å². The Labute approximate surface area is 143 Å². The third-order valence-corrected chi connectivity index (χ3v) is 4.65. The smallest absolute Gasteiger partial charge is 0.293 e. The monoisotopic (exact) mass is 347 g/mol. The summed E-state index contributed by atoms with van der Waals surface area (Å²) in [5.74, 6) is -0.203. The predicted octanol–water partition coefficient (Wildman–Crippen LogP) is 2.74. The molecule has 0 radical (unpaired) electrons. The van der Waals surface area contributed by atoms with Crippen LogP contribution in [0.4, 0.5) is 11.4 Å². The Kier molecular flexibility index (Phi) is 5.07. The first-order valence-corrected chi connectivity index (χ1v) is 8.45. The number of benzene rings is 1. The highest BCUT2D eigenvalue weighted by atomic mass is 32.1. The van der Waals surface area contributed by atoms with Crippen molar-refractivity contribution in [1.29, 1.82) is 0 Å². The molecular weight excluding hydrogens is 330 g/mol. The van der Waals surface area contributed by atoms with Crippen LogP contribution in [-0.2, 0) is 11.3 Å². The first kappa shape index (κ1) is 16.4. The lowest BCUT2D eigenvalue weighted by Crippen LogP contribution is -2.40. The molecule has 0 unspecified atom stereocenters. The van der Waals surface area contributed by atoms with Crippen LogP contribution in [0.5, 0.6) is 0 Å². The van der Waals surface area contributed by atoms with Crippen LogP contribution in [0.3, 0.4) is 0 Å². The minimum Gasteiger partial charge on any atom is -0.378 e. The van der Waals surface area contributed by atoms with E-state index in [1.165, 1.54) is 6.07 Å². The van der Waals surface area contributed by atoms with Crippen LogP contribution in [0.25, 0.3) is 0 Å². The van der Waals surface area contributed by atoms with E-state index in [1.54, 1.807) is 28.4 Å². The molecule has 1 aromatic heterocycles. The van der Waals surface area contributed by atoms with Gasteiger partial charge in [-0.3, -0.25) is 14.9 Å². The molecule has 2 aromatic rings. The lowest BCUT2D eigenvalue weighted by molar-refractivity contribution is -0.384. The summed E-state index contributed by atoms with van der Waals surface area (Å²) in [6.45, 7) is 2.51. The standard InChI is InChI=1S/C16H17N3O4S/c20-16(18-5-7-23-8-6-18)12-3-4-14(15(10-12)19(21)22)17-11-13-2-1-9-24-13/h1-4,9-10,17H,5-8,11H2. The minimum absolute atomic E-state index is 0.0920. The fourth-order valence-corrected chi connectivity index (χ4v) is 3.15. The topological polar surface area (TPSA) is 84.7 Å². The van der Waals surface area contributed by atoms with Gasteiger partial charge in [0.1, 0.15) is 5.69 Å². The summed E-state index contributed by atoms with van der Waals surface area (Å²) in [6, 6.07) is 8.45. The van der Waals surface area contributed by atoms with Gasteiger partial charge in [0.15, 0.2) is 0 Å². The highest BCUT2D eigenvalue weighted by Gasteiger charge is 2.22. The van der Waals surface area contributed by atoms with Gasteiger partial charge >= 0.3 is 0 Å². The number of hydrogen-bond acceptors (Lipinski definition) is 6. The van der Waals surface area contributed by atoms with E-state index in [0.717, 1.165) is 4.88 Å². The van der Waals surface area contributed by atoms with E-state index in [2.05, 4.69) is 5.32 Å². The van der Waals surface area contributed by atoms with Crippen LogP contribution in [0.1, 0.15) is 15.2 Å². The molecule has 24 heavy (non-hydrogen) atoms. The Bertz CT molecular complexity index is 727. The molecule has 0 bridgehead atoms. The Morgan fingerprint density at radius 3 is 2.79 bits per heavy atom. The second-order valence-corrected chi connectivity index (χ2v) is 6.36. The van der Waals surface area contributed by atoms with Gasteiger partial charge in [-0.1, -0.05) is 6.07 Å². The first-order valence-electron chi connectivity index (χ1n) is 7.57. The van der Waals surface area contributed by atoms with Crippen LogP contribution in [-0.4, -0.2) is 42.0 Å². The summed E-state index contributed by atoms with van der Waals surface area (Å²) in [4.78, 5) is 26.1. The van der Waals surface area contributed by atoms with Crippen LogP contribution in [0.2, 0.25) is 0 Å². The van der Waals surface area contributed by atoms with E-state index < -0.39 is 4.92 Å². The maximum Gasteiger partial charge on any atom is 0.293 e. The van der Waals surface area contributed by atoms with Crippen molar-refractivity contribution in [2.24, 2.45) is 0 Å². The molecule has 3 rings (SSSR count). The Morgan fingerprint density at radius 2 is 2.12 bits per heavy atom. The van der Waals surface area contributed by atoms with E-state index in [9.17, 15) is 14.9 Å². The van der Waals surface area contributed by atoms with E-state index in [0.29, 0.717) is 44.1 Å². The Hall–Kier alpha value is -2.45. The molecule has 0 atom stereocenters. The molecule has 0 spiro atoms. The number of nitro benzene ring substituents is 1. The maximum absolute atomic E-state index is 12.5. The fourth-order valence-electron chi connectivity index (χ4n) is 2.51. The zero-order chi connectivity index (χ0) is 16.9. The summed E-state index contributed by atoms with van der Waals surface area (Å²) in [7, 11) is 0. The zero-order valence-corrected chi connectivity index (χ0v) is 13.8. The number of thiophene rings is 1. The quantitative estimate of drug-likeness (QED) is 0.664. The Morgan fingerprint density at radius 1 is 1.33 bits per heavy atom. The predicted molar refractivity (Wildman–Crippen MR) is 91.5 cm³/mol. The van der Waals surface area contributed by atoms with E-state index >= 15 is 0 Å². The average molecular weight is 347 g/mol. The maximum atomic E-state index is 12.5. The Balaban J connectivity index is 1.78. The molecule has 126 valence electrons. The van der Waals surface area contributed by atoms with Crippen LogP contribution in [0.15, 0.2) is 35.7 Å². The molecular formula is C16H17N3O4S. The summed E-state index contributed by atoms with van der Waals surface area (Å²) in [5, 5.41) is 16.4. The lowest BCUT2D eigenvalue weighted by atomic mass is 10.1. The van der Waals surface area contributed by atoms with Crippen molar-refractivity contribution < 1.29 is 14.5 Å². The van der Waals surface area contributed by atoms with Crippen molar-refractivity contribution in [3.8, 4) is 0 Å². The number of carbonyl (C=O) groups excluding carboxylic acids is 1. The highest BCUT2D eigenvalue weighted by Crippen LogP contribution is 2.27. The molecule has 1 amide bonds. The number of hydrogen-bond donors (Lipinski definition) is 1. The van der Waals surface area contributed by atoms with Gasteiger partial charge in [0.2, 0.25) is 0 Å². The molecule has 7 nitrogen and oxygen atoms in total. The molecule has 0 aliphatic carbocycles. The molecule has 8 heteroatoms. The van der Waals surface area contributed by atoms with Crippen molar-refractivity contribution in [3.05, 3.63) is 56.3 Å². The van der Waals surface area contributed by atoms with Gasteiger partial charge in [-0.15, -0.1) is 11.3 Å². The summed E-state index contributed by atoms with van der Waals surface area (Å²) in [6.07, 6.45) is 0. The molecule has 1 N–H and O–H groups in total.